The van der Waals surface area contributed by atoms with Crippen LogP contribution in [0, 0.1) is 23.6 Å². The van der Waals surface area contributed by atoms with Crippen LogP contribution in [0.15, 0.2) is 23.2 Å². The zero-order valence-corrected chi connectivity index (χ0v) is 17.9. The molecule has 1 aromatic rings. The van der Waals surface area contributed by atoms with Crippen LogP contribution >= 0.6 is 0 Å². The first-order valence-electron chi connectivity index (χ1n) is 10.00. The summed E-state index contributed by atoms with van der Waals surface area (Å²) in [5, 5.41) is 28.1. The molecule has 34 heavy (non-hydrogen) atoms. The number of carboxylic acids is 3. The number of hydrogen-bond acceptors (Lipinski definition) is 9. The van der Waals surface area contributed by atoms with Gasteiger partial charge in [-0.2, -0.15) is 4.99 Å². The number of hydrogen-bond donors (Lipinski definition) is 3. The number of isocyanates is 1. The summed E-state index contributed by atoms with van der Waals surface area (Å²) in [4.78, 5) is 59.5. The monoisotopic (exact) mass is 483 g/mol. The van der Waals surface area contributed by atoms with Crippen LogP contribution in [0.5, 0.6) is 5.75 Å². The molecule has 0 saturated carbocycles. The number of halogens is 1. The smallest absolute Gasteiger partial charge is 0.303 e. The van der Waals surface area contributed by atoms with Crippen LogP contribution < -0.4 is 4.74 Å². The Labute approximate surface area is 191 Å². The summed E-state index contributed by atoms with van der Waals surface area (Å²) in [6, 6.07) is 3.17. The van der Waals surface area contributed by atoms with Gasteiger partial charge in [-0.3, -0.25) is 19.2 Å². The molecule has 0 spiro atoms. The number of aliphatic carboxylic acids is 3. The van der Waals surface area contributed by atoms with Gasteiger partial charge in [0, 0.05) is 31.2 Å². The fourth-order valence-electron chi connectivity index (χ4n) is 3.92. The van der Waals surface area contributed by atoms with Gasteiger partial charge in [-0.05, 0) is 18.1 Å². The van der Waals surface area contributed by atoms with Crippen molar-refractivity contribution in [3.8, 4) is 5.75 Å². The Bertz CT molecular complexity index is 991. The Morgan fingerprint density at radius 2 is 1.62 bits per heavy atom. The zero-order chi connectivity index (χ0) is 25.4. The van der Waals surface area contributed by atoms with E-state index in [1.807, 2.05) is 0 Å². The van der Waals surface area contributed by atoms with E-state index in [1.165, 1.54) is 12.1 Å². The average Bonchev–Trinajstić information content (AvgIpc) is 2.72. The molecule has 3 N–H and O–H groups in total. The summed E-state index contributed by atoms with van der Waals surface area (Å²) in [5.41, 5.74) is -0.0653. The largest absolute Gasteiger partial charge is 0.481 e. The van der Waals surface area contributed by atoms with E-state index in [-0.39, 0.29) is 5.69 Å². The molecule has 1 aliphatic rings. The van der Waals surface area contributed by atoms with E-state index in [2.05, 4.69) is 4.99 Å². The minimum Gasteiger partial charge on any atom is -0.481 e. The summed E-state index contributed by atoms with van der Waals surface area (Å²) < 4.78 is 30.7. The van der Waals surface area contributed by atoms with Crippen molar-refractivity contribution < 1.29 is 57.9 Å². The molecule has 0 bridgehead atoms. The first-order valence-corrected chi connectivity index (χ1v) is 10.00. The summed E-state index contributed by atoms with van der Waals surface area (Å²) in [6.07, 6.45) is -3.36. The molecule has 1 saturated heterocycles. The lowest BCUT2D eigenvalue weighted by atomic mass is 9.71. The SMILES string of the molecule is CC(=O)OC[C@@H]1O[C@@H](Oc2ccc(N=C=O)cc2F)[C@H](CC(=O)O)[C@@H](CC(=O)O)[C@@H]1CC(=O)O. The van der Waals surface area contributed by atoms with Crippen LogP contribution in [0.3, 0.4) is 0 Å². The summed E-state index contributed by atoms with van der Waals surface area (Å²) in [6.45, 7) is 0.641. The maximum atomic E-state index is 14.5. The van der Waals surface area contributed by atoms with Crippen LogP contribution in [0.2, 0.25) is 0 Å². The Morgan fingerprint density at radius 1 is 1.03 bits per heavy atom. The minimum atomic E-state index is -1.53. The van der Waals surface area contributed by atoms with E-state index >= 15 is 0 Å². The van der Waals surface area contributed by atoms with Crippen LogP contribution in [-0.4, -0.2) is 64.3 Å². The van der Waals surface area contributed by atoms with Crippen LogP contribution in [-0.2, 0) is 33.4 Å². The van der Waals surface area contributed by atoms with Gasteiger partial charge in [-0.15, -0.1) is 0 Å². The van der Waals surface area contributed by atoms with Gasteiger partial charge < -0.3 is 29.5 Å². The molecule has 184 valence electrons. The second-order valence-corrected chi connectivity index (χ2v) is 7.57. The lowest BCUT2D eigenvalue weighted by Gasteiger charge is -2.45. The Balaban J connectivity index is 2.49. The number of esters is 1. The summed E-state index contributed by atoms with van der Waals surface area (Å²) in [7, 11) is 0. The number of carboxylic acid groups (broad SMARTS) is 3. The lowest BCUT2D eigenvalue weighted by molar-refractivity contribution is -0.237. The molecule has 0 aromatic heterocycles. The molecule has 2 rings (SSSR count). The van der Waals surface area contributed by atoms with E-state index < -0.39 is 91.5 Å². The molecular formula is C21H22FNO11. The third-order valence-corrected chi connectivity index (χ3v) is 5.25. The van der Waals surface area contributed by atoms with E-state index in [9.17, 15) is 43.7 Å². The van der Waals surface area contributed by atoms with Crippen LogP contribution in [0.4, 0.5) is 10.1 Å². The maximum Gasteiger partial charge on any atom is 0.303 e. The predicted molar refractivity (Wildman–Crippen MR) is 107 cm³/mol. The molecular weight excluding hydrogens is 461 g/mol. The molecule has 5 atom stereocenters. The number of nitrogens with zero attached hydrogens (tertiary/aromatic N) is 1. The highest BCUT2D eigenvalue weighted by Gasteiger charge is 2.49. The molecule has 0 radical (unpaired) electrons. The number of ether oxygens (including phenoxy) is 3. The second-order valence-electron chi connectivity index (χ2n) is 7.57. The number of aliphatic imine (C=N–C) groups is 1. The highest BCUT2D eigenvalue weighted by atomic mass is 19.1. The number of benzene rings is 1. The maximum absolute atomic E-state index is 14.5. The number of rotatable bonds is 11. The molecule has 0 aliphatic carbocycles. The fourth-order valence-corrected chi connectivity index (χ4v) is 3.92. The van der Waals surface area contributed by atoms with Gasteiger partial charge in [-0.1, -0.05) is 0 Å². The summed E-state index contributed by atoms with van der Waals surface area (Å²) in [5.74, 6) is -9.42. The number of carbonyl (C=O) groups is 4. The first-order chi connectivity index (χ1) is 16.0. The topological polar surface area (TPSA) is 186 Å². The Hall–Kier alpha value is -3.83. The van der Waals surface area contributed by atoms with Crippen molar-refractivity contribution in [1.82, 2.24) is 0 Å². The van der Waals surface area contributed by atoms with Crippen molar-refractivity contribution in [2.24, 2.45) is 22.7 Å². The van der Waals surface area contributed by atoms with Crippen LogP contribution in [0.1, 0.15) is 26.2 Å². The standard InChI is InChI=1S/C21H22FNO11/c1-10(25)32-8-17-13(6-19(28)29)12(5-18(26)27)14(7-20(30)31)21(34-17)33-16-3-2-11(23-9-24)4-15(16)22/h2-4,12-14,17,21H,5-8H2,1H3,(H,26,27)(H,28,29)(H,30,31)/t12-,13-,14+,17-,21+/m0/s1. The van der Waals surface area contributed by atoms with Crippen LogP contribution in [0.25, 0.3) is 0 Å². The van der Waals surface area contributed by atoms with Gasteiger partial charge in [0.1, 0.15) is 6.61 Å². The highest BCUT2D eigenvalue weighted by molar-refractivity contribution is 5.70. The van der Waals surface area contributed by atoms with Gasteiger partial charge in [0.15, 0.2) is 11.6 Å². The molecule has 0 unspecified atom stereocenters. The van der Waals surface area contributed by atoms with E-state index in [4.69, 9.17) is 14.2 Å². The molecule has 1 heterocycles. The molecule has 1 aliphatic heterocycles. The third-order valence-electron chi connectivity index (χ3n) is 5.25. The fraction of sp³-hybridized carbons (Fsp3) is 0.476. The molecule has 12 nitrogen and oxygen atoms in total. The van der Waals surface area contributed by atoms with Crippen molar-refractivity contribution >= 4 is 35.6 Å². The lowest BCUT2D eigenvalue weighted by Crippen LogP contribution is -2.53. The third kappa shape index (κ3) is 7.36. The van der Waals surface area contributed by atoms with Gasteiger partial charge in [0.25, 0.3) is 0 Å². The van der Waals surface area contributed by atoms with Crippen molar-refractivity contribution in [3.63, 3.8) is 0 Å². The first kappa shape index (κ1) is 26.4. The molecule has 13 heteroatoms. The molecule has 1 fully saturated rings. The van der Waals surface area contributed by atoms with Gasteiger partial charge in [-0.25, -0.2) is 9.18 Å². The highest BCUT2D eigenvalue weighted by Crippen LogP contribution is 2.42. The summed E-state index contributed by atoms with van der Waals surface area (Å²) >= 11 is 0. The Kier molecular flexibility index (Phi) is 9.22. The molecule has 0 amide bonds. The quantitative estimate of drug-likeness (QED) is 0.236. The Morgan fingerprint density at radius 3 is 2.15 bits per heavy atom. The zero-order valence-electron chi connectivity index (χ0n) is 17.9. The number of carbonyl (C=O) groups excluding carboxylic acids is 2. The second kappa shape index (κ2) is 11.9. The van der Waals surface area contributed by atoms with Crippen molar-refractivity contribution in [3.05, 3.63) is 24.0 Å². The van der Waals surface area contributed by atoms with Gasteiger partial charge in [0.05, 0.1) is 24.6 Å². The van der Waals surface area contributed by atoms with Crippen molar-refractivity contribution in [1.29, 1.82) is 0 Å². The van der Waals surface area contributed by atoms with Crippen molar-refractivity contribution in [2.45, 2.75) is 38.6 Å². The van der Waals surface area contributed by atoms with Gasteiger partial charge in [0.2, 0.25) is 12.4 Å². The normalized spacial score (nSPS) is 23.9. The average molecular weight is 483 g/mol. The van der Waals surface area contributed by atoms with E-state index in [0.29, 0.717) is 0 Å². The predicted octanol–water partition coefficient (Wildman–Crippen LogP) is 1.73. The minimum absolute atomic E-state index is 0.0653. The van der Waals surface area contributed by atoms with E-state index in [0.717, 1.165) is 19.1 Å². The molecule has 1 aromatic carbocycles. The van der Waals surface area contributed by atoms with Gasteiger partial charge >= 0.3 is 23.9 Å². The van der Waals surface area contributed by atoms with E-state index in [1.54, 1.807) is 0 Å². The van der Waals surface area contributed by atoms with Crippen molar-refractivity contribution in [2.75, 3.05) is 6.61 Å².